The van der Waals surface area contributed by atoms with Crippen LogP contribution in [0.5, 0.6) is 0 Å². The van der Waals surface area contributed by atoms with Gasteiger partial charge in [0.15, 0.2) is 0 Å². The van der Waals surface area contributed by atoms with Crippen LogP contribution in [-0.4, -0.2) is 69.6 Å². The molecular weight excluding hydrogens is 423 g/mol. The Hall–Kier alpha value is -3.13. The van der Waals surface area contributed by atoms with Gasteiger partial charge >= 0.3 is 0 Å². The molecule has 174 valence electrons. The summed E-state index contributed by atoms with van der Waals surface area (Å²) in [6.07, 6.45) is 2.90. The molecule has 0 unspecified atom stereocenters. The first-order chi connectivity index (χ1) is 15.8. The molecule has 0 saturated carbocycles. The molecule has 0 bridgehead atoms. The SMILES string of the molecule is CC(C)N1CCN(C(=O)C[C@@]2(c3cccc(F)c3)CC(=O)N(Cc3cccnc3)C2=O)CC1. The van der Waals surface area contributed by atoms with Crippen LogP contribution < -0.4 is 0 Å². The minimum Gasteiger partial charge on any atom is -0.340 e. The van der Waals surface area contributed by atoms with E-state index in [1.165, 1.54) is 23.1 Å². The van der Waals surface area contributed by atoms with Crippen molar-refractivity contribution in [3.05, 3.63) is 65.7 Å². The third-order valence-electron chi connectivity index (χ3n) is 6.70. The first-order valence-corrected chi connectivity index (χ1v) is 11.3. The summed E-state index contributed by atoms with van der Waals surface area (Å²) < 4.78 is 14.2. The fourth-order valence-corrected chi connectivity index (χ4v) is 4.74. The second-order valence-electron chi connectivity index (χ2n) is 9.10. The van der Waals surface area contributed by atoms with E-state index in [0.29, 0.717) is 30.3 Å². The summed E-state index contributed by atoms with van der Waals surface area (Å²) in [6.45, 7) is 6.97. The molecule has 8 heteroatoms. The van der Waals surface area contributed by atoms with Crippen molar-refractivity contribution >= 4 is 17.7 Å². The number of pyridine rings is 1. The highest BCUT2D eigenvalue weighted by Crippen LogP contribution is 2.41. The third-order valence-corrected chi connectivity index (χ3v) is 6.70. The number of imide groups is 1. The Kier molecular flexibility index (Phi) is 6.56. The molecule has 4 rings (SSSR count). The van der Waals surface area contributed by atoms with Crippen molar-refractivity contribution < 1.29 is 18.8 Å². The maximum atomic E-state index is 14.2. The van der Waals surface area contributed by atoms with Crippen LogP contribution >= 0.6 is 0 Å². The number of aromatic nitrogens is 1. The van der Waals surface area contributed by atoms with E-state index in [0.717, 1.165) is 13.1 Å². The van der Waals surface area contributed by atoms with Gasteiger partial charge in [-0.25, -0.2) is 4.39 Å². The Morgan fingerprint density at radius 2 is 1.88 bits per heavy atom. The van der Waals surface area contributed by atoms with Crippen molar-refractivity contribution in [2.24, 2.45) is 0 Å². The van der Waals surface area contributed by atoms with Gasteiger partial charge in [-0.1, -0.05) is 18.2 Å². The summed E-state index contributed by atoms with van der Waals surface area (Å²) in [7, 11) is 0. The normalized spacial score (nSPS) is 21.8. The highest BCUT2D eigenvalue weighted by molar-refractivity contribution is 6.10. The molecule has 3 amide bonds. The lowest BCUT2D eigenvalue weighted by Gasteiger charge is -2.38. The molecule has 2 aliphatic rings. The number of halogens is 1. The van der Waals surface area contributed by atoms with E-state index < -0.39 is 17.1 Å². The van der Waals surface area contributed by atoms with Crippen LogP contribution in [0.1, 0.15) is 37.8 Å². The predicted octanol–water partition coefficient (Wildman–Crippen LogP) is 2.36. The molecule has 0 radical (unpaired) electrons. The van der Waals surface area contributed by atoms with Crippen LogP contribution in [0.25, 0.3) is 0 Å². The number of hydrogen-bond donors (Lipinski definition) is 0. The second-order valence-corrected chi connectivity index (χ2v) is 9.10. The van der Waals surface area contributed by atoms with E-state index in [1.54, 1.807) is 35.5 Å². The first kappa shape index (κ1) is 23.0. The molecule has 3 heterocycles. The minimum absolute atomic E-state index is 0.0732. The Bertz CT molecular complexity index is 1040. The Labute approximate surface area is 193 Å². The molecule has 2 aromatic rings. The largest absolute Gasteiger partial charge is 0.340 e. The van der Waals surface area contributed by atoms with Crippen molar-refractivity contribution in [2.75, 3.05) is 26.2 Å². The van der Waals surface area contributed by atoms with Gasteiger partial charge in [0.1, 0.15) is 5.82 Å². The maximum absolute atomic E-state index is 14.2. The molecule has 2 aliphatic heterocycles. The molecule has 1 aromatic carbocycles. The number of rotatable bonds is 6. The maximum Gasteiger partial charge on any atom is 0.241 e. The Balaban J connectivity index is 1.61. The molecule has 2 saturated heterocycles. The number of piperazine rings is 1. The van der Waals surface area contributed by atoms with Crippen molar-refractivity contribution in [1.82, 2.24) is 19.7 Å². The number of amides is 3. The lowest BCUT2D eigenvalue weighted by atomic mass is 9.75. The topological polar surface area (TPSA) is 73.8 Å². The number of likely N-dealkylation sites (tertiary alicyclic amines) is 1. The highest BCUT2D eigenvalue weighted by atomic mass is 19.1. The van der Waals surface area contributed by atoms with Gasteiger partial charge in [0.2, 0.25) is 17.7 Å². The van der Waals surface area contributed by atoms with Crippen LogP contribution in [0.4, 0.5) is 4.39 Å². The molecule has 0 spiro atoms. The molecule has 1 atom stereocenters. The van der Waals surface area contributed by atoms with Crippen LogP contribution in [0.2, 0.25) is 0 Å². The first-order valence-electron chi connectivity index (χ1n) is 11.3. The van der Waals surface area contributed by atoms with Crippen molar-refractivity contribution in [3.8, 4) is 0 Å². The molecule has 2 fully saturated rings. The van der Waals surface area contributed by atoms with Gasteiger partial charge in [-0.3, -0.25) is 29.2 Å². The van der Waals surface area contributed by atoms with Crippen LogP contribution in [0, 0.1) is 5.82 Å². The summed E-state index contributed by atoms with van der Waals surface area (Å²) in [5.74, 6) is -1.52. The highest BCUT2D eigenvalue weighted by Gasteiger charge is 2.54. The molecule has 33 heavy (non-hydrogen) atoms. The quantitative estimate of drug-likeness (QED) is 0.629. The fourth-order valence-electron chi connectivity index (χ4n) is 4.74. The molecule has 0 aliphatic carbocycles. The second kappa shape index (κ2) is 9.39. The summed E-state index contributed by atoms with van der Waals surface area (Å²) in [4.78, 5) is 49.3. The fraction of sp³-hybridized carbons (Fsp3) is 0.440. The molecule has 7 nitrogen and oxygen atoms in total. The van der Waals surface area contributed by atoms with Gasteiger partial charge in [-0.2, -0.15) is 0 Å². The zero-order valence-electron chi connectivity index (χ0n) is 19.0. The average Bonchev–Trinajstić information content (AvgIpc) is 3.04. The molecule has 0 N–H and O–H groups in total. The Morgan fingerprint density at radius 1 is 1.12 bits per heavy atom. The number of hydrogen-bond acceptors (Lipinski definition) is 5. The monoisotopic (exact) mass is 452 g/mol. The predicted molar refractivity (Wildman–Crippen MR) is 120 cm³/mol. The van der Waals surface area contributed by atoms with Crippen LogP contribution in [0.3, 0.4) is 0 Å². The standard InChI is InChI=1S/C25H29FN4O3/c1-18(2)28-9-11-29(12-10-28)22(31)14-25(20-6-3-7-21(26)13-20)15-23(32)30(24(25)33)17-19-5-4-8-27-16-19/h3-8,13,16,18H,9-12,14-15,17H2,1-2H3/t25-/m0/s1. The van der Waals surface area contributed by atoms with E-state index in [1.807, 2.05) is 0 Å². The van der Waals surface area contributed by atoms with Gasteiger partial charge in [0, 0.05) is 57.5 Å². The summed E-state index contributed by atoms with van der Waals surface area (Å²) >= 11 is 0. The summed E-state index contributed by atoms with van der Waals surface area (Å²) in [5.41, 5.74) is -0.331. The third kappa shape index (κ3) is 4.66. The van der Waals surface area contributed by atoms with Gasteiger partial charge in [-0.05, 0) is 43.2 Å². The minimum atomic E-state index is -1.41. The lowest BCUT2D eigenvalue weighted by molar-refractivity contribution is -0.143. The van der Waals surface area contributed by atoms with Gasteiger partial charge < -0.3 is 4.90 Å². The zero-order valence-corrected chi connectivity index (χ0v) is 19.0. The lowest BCUT2D eigenvalue weighted by Crippen LogP contribution is -2.52. The smallest absolute Gasteiger partial charge is 0.241 e. The van der Waals surface area contributed by atoms with Gasteiger partial charge in [-0.15, -0.1) is 0 Å². The van der Waals surface area contributed by atoms with Crippen LogP contribution in [0.15, 0.2) is 48.8 Å². The van der Waals surface area contributed by atoms with E-state index in [4.69, 9.17) is 0 Å². The number of carbonyl (C=O) groups excluding carboxylic acids is 3. The van der Waals surface area contributed by atoms with Crippen molar-refractivity contribution in [3.63, 3.8) is 0 Å². The van der Waals surface area contributed by atoms with Crippen molar-refractivity contribution in [1.29, 1.82) is 0 Å². The summed E-state index contributed by atoms with van der Waals surface area (Å²) in [6, 6.07) is 9.62. The number of nitrogens with zero attached hydrogens (tertiary/aromatic N) is 4. The van der Waals surface area contributed by atoms with Crippen LogP contribution in [-0.2, 0) is 26.3 Å². The number of benzene rings is 1. The molecule has 1 aromatic heterocycles. The number of carbonyl (C=O) groups is 3. The average molecular weight is 453 g/mol. The summed E-state index contributed by atoms with van der Waals surface area (Å²) in [5, 5.41) is 0. The van der Waals surface area contributed by atoms with E-state index in [2.05, 4.69) is 23.7 Å². The van der Waals surface area contributed by atoms with Gasteiger partial charge in [0.25, 0.3) is 0 Å². The Morgan fingerprint density at radius 3 is 2.52 bits per heavy atom. The zero-order chi connectivity index (χ0) is 23.6. The van der Waals surface area contributed by atoms with Gasteiger partial charge in [0.05, 0.1) is 12.0 Å². The molecular formula is C25H29FN4O3. The van der Waals surface area contributed by atoms with E-state index in [9.17, 15) is 18.8 Å². The van der Waals surface area contributed by atoms with E-state index in [-0.39, 0.29) is 31.2 Å². The van der Waals surface area contributed by atoms with E-state index >= 15 is 0 Å². The van der Waals surface area contributed by atoms with Crippen molar-refractivity contribution in [2.45, 2.75) is 44.7 Å².